The summed E-state index contributed by atoms with van der Waals surface area (Å²) in [6.45, 7) is 0.804. The molecule has 1 aliphatic rings. The summed E-state index contributed by atoms with van der Waals surface area (Å²) in [7, 11) is -3.29. The summed E-state index contributed by atoms with van der Waals surface area (Å²) in [5.74, 6) is -1.14. The Bertz CT molecular complexity index is 847. The lowest BCUT2D eigenvalue weighted by atomic mass is 10.1. The molecule has 128 valence electrons. The third-order valence-electron chi connectivity index (χ3n) is 3.79. The van der Waals surface area contributed by atoms with Crippen LogP contribution in [0.1, 0.15) is 10.4 Å². The minimum Gasteiger partial charge on any atom is -0.336 e. The number of carbonyl (C=O) groups is 1. The van der Waals surface area contributed by atoms with Gasteiger partial charge in [-0.05, 0) is 28.6 Å². The van der Waals surface area contributed by atoms with Crippen LogP contribution < -0.4 is 0 Å². The maximum absolute atomic E-state index is 14.1. The Morgan fingerprint density at radius 2 is 1.92 bits per heavy atom. The smallest absolute Gasteiger partial charge is 0.256 e. The molecule has 0 N–H and O–H groups in total. The van der Waals surface area contributed by atoms with Crippen molar-refractivity contribution < 1.29 is 17.6 Å². The third kappa shape index (κ3) is 3.26. The first-order valence-electron chi connectivity index (χ1n) is 7.13. The van der Waals surface area contributed by atoms with Gasteiger partial charge in [-0.1, -0.05) is 0 Å². The fourth-order valence-electron chi connectivity index (χ4n) is 2.49. The molecule has 2 aromatic rings. The Hall–Kier alpha value is -2.40. The van der Waals surface area contributed by atoms with E-state index in [0.29, 0.717) is 5.69 Å². The highest BCUT2D eigenvalue weighted by Gasteiger charge is 2.28. The highest BCUT2D eigenvalue weighted by Crippen LogP contribution is 2.17. The summed E-state index contributed by atoms with van der Waals surface area (Å²) in [4.78, 5) is 14.0. The topological polar surface area (TPSA) is 101 Å². The van der Waals surface area contributed by atoms with Gasteiger partial charge in [-0.25, -0.2) is 17.5 Å². The van der Waals surface area contributed by atoms with Gasteiger partial charge in [0.1, 0.15) is 12.1 Å². The van der Waals surface area contributed by atoms with Crippen molar-refractivity contribution in [3.05, 3.63) is 35.9 Å². The van der Waals surface area contributed by atoms with E-state index >= 15 is 0 Å². The monoisotopic (exact) mass is 354 g/mol. The zero-order valence-corrected chi connectivity index (χ0v) is 13.6. The lowest BCUT2D eigenvalue weighted by Crippen LogP contribution is -2.50. The molecule has 1 amide bonds. The van der Waals surface area contributed by atoms with Crippen LogP contribution in [0, 0.1) is 5.82 Å². The Balaban J connectivity index is 1.80. The van der Waals surface area contributed by atoms with Crippen LogP contribution in [0.3, 0.4) is 0 Å². The number of carbonyl (C=O) groups excluding carboxylic acids is 1. The molecule has 0 radical (unpaired) electrons. The van der Waals surface area contributed by atoms with Gasteiger partial charge in [0, 0.05) is 26.2 Å². The number of halogens is 1. The molecule has 1 aromatic carbocycles. The van der Waals surface area contributed by atoms with Crippen LogP contribution >= 0.6 is 0 Å². The van der Waals surface area contributed by atoms with Gasteiger partial charge in [0.05, 0.1) is 17.5 Å². The van der Waals surface area contributed by atoms with Crippen molar-refractivity contribution in [3.63, 3.8) is 0 Å². The van der Waals surface area contributed by atoms with E-state index in [2.05, 4.69) is 15.5 Å². The third-order valence-corrected chi connectivity index (χ3v) is 5.09. The highest BCUT2D eigenvalue weighted by atomic mass is 32.2. The fraction of sp³-hybridized carbons (Fsp3) is 0.385. The van der Waals surface area contributed by atoms with Gasteiger partial charge in [0.2, 0.25) is 10.0 Å². The number of tetrazole rings is 1. The van der Waals surface area contributed by atoms with Crippen molar-refractivity contribution in [3.8, 4) is 5.69 Å². The SMILES string of the molecule is CS(=O)(=O)N1CCN(C(=O)c2cc(-n3cnnn3)ccc2F)CC1. The van der Waals surface area contributed by atoms with Crippen molar-refractivity contribution >= 4 is 15.9 Å². The average molecular weight is 354 g/mol. The molecule has 1 saturated heterocycles. The normalized spacial score (nSPS) is 16.3. The molecule has 1 fully saturated rings. The number of amides is 1. The van der Waals surface area contributed by atoms with Crippen molar-refractivity contribution in [1.29, 1.82) is 0 Å². The highest BCUT2D eigenvalue weighted by molar-refractivity contribution is 7.88. The fourth-order valence-corrected chi connectivity index (χ4v) is 3.32. The molecular weight excluding hydrogens is 339 g/mol. The molecular formula is C13H15FN6O3S. The van der Waals surface area contributed by atoms with E-state index in [0.717, 1.165) is 6.26 Å². The van der Waals surface area contributed by atoms with Crippen molar-refractivity contribution in [2.24, 2.45) is 0 Å². The Morgan fingerprint density at radius 1 is 1.21 bits per heavy atom. The molecule has 2 heterocycles. The average Bonchev–Trinajstić information content (AvgIpc) is 3.08. The van der Waals surface area contributed by atoms with Gasteiger partial charge in [0.25, 0.3) is 5.91 Å². The second-order valence-corrected chi connectivity index (χ2v) is 7.36. The molecule has 24 heavy (non-hydrogen) atoms. The minimum atomic E-state index is -3.29. The van der Waals surface area contributed by atoms with Gasteiger partial charge in [-0.3, -0.25) is 4.79 Å². The first-order chi connectivity index (χ1) is 11.4. The number of hydrogen-bond acceptors (Lipinski definition) is 6. The first-order valence-corrected chi connectivity index (χ1v) is 8.98. The molecule has 0 spiro atoms. The van der Waals surface area contributed by atoms with Crippen LogP contribution in [0.15, 0.2) is 24.5 Å². The Morgan fingerprint density at radius 3 is 2.50 bits per heavy atom. The predicted octanol–water partition coefficient (Wildman–Crippen LogP) is -0.481. The van der Waals surface area contributed by atoms with Crippen LogP contribution in [-0.2, 0) is 10.0 Å². The summed E-state index contributed by atoms with van der Waals surface area (Å²) in [5.41, 5.74) is 0.357. The second kappa shape index (κ2) is 6.24. The number of sulfonamides is 1. The van der Waals surface area contributed by atoms with Gasteiger partial charge < -0.3 is 4.90 Å². The zero-order valence-electron chi connectivity index (χ0n) is 12.8. The summed E-state index contributed by atoms with van der Waals surface area (Å²) in [5, 5.41) is 10.7. The predicted molar refractivity (Wildman–Crippen MR) is 81.4 cm³/mol. The summed E-state index contributed by atoms with van der Waals surface area (Å²) in [6.07, 6.45) is 2.46. The van der Waals surface area contributed by atoms with E-state index < -0.39 is 21.7 Å². The second-order valence-electron chi connectivity index (χ2n) is 5.37. The molecule has 11 heteroatoms. The molecule has 3 rings (SSSR count). The van der Waals surface area contributed by atoms with E-state index in [1.165, 1.54) is 38.4 Å². The molecule has 0 atom stereocenters. The van der Waals surface area contributed by atoms with E-state index in [-0.39, 0.29) is 31.7 Å². The molecule has 0 saturated carbocycles. The van der Waals surface area contributed by atoms with Crippen LogP contribution in [0.25, 0.3) is 5.69 Å². The number of aromatic nitrogens is 4. The van der Waals surface area contributed by atoms with Crippen molar-refractivity contribution in [1.82, 2.24) is 29.4 Å². The Kier molecular flexibility index (Phi) is 4.28. The number of nitrogens with zero attached hydrogens (tertiary/aromatic N) is 6. The van der Waals surface area contributed by atoms with Crippen molar-refractivity contribution in [2.75, 3.05) is 32.4 Å². The van der Waals surface area contributed by atoms with Gasteiger partial charge in [-0.2, -0.15) is 4.31 Å². The molecule has 0 bridgehead atoms. The summed E-state index contributed by atoms with van der Waals surface area (Å²) < 4.78 is 39.7. The van der Waals surface area contributed by atoms with Gasteiger partial charge >= 0.3 is 0 Å². The van der Waals surface area contributed by atoms with Crippen LogP contribution in [0.2, 0.25) is 0 Å². The quantitative estimate of drug-likeness (QED) is 0.738. The first kappa shape index (κ1) is 16.5. The van der Waals surface area contributed by atoms with Gasteiger partial charge in [-0.15, -0.1) is 5.10 Å². The largest absolute Gasteiger partial charge is 0.336 e. The van der Waals surface area contributed by atoms with E-state index in [4.69, 9.17) is 0 Å². The zero-order chi connectivity index (χ0) is 17.3. The number of benzene rings is 1. The molecule has 9 nitrogen and oxygen atoms in total. The molecule has 1 aromatic heterocycles. The standard InChI is InChI=1S/C13H15FN6O3S/c1-24(22,23)19-6-4-18(5-7-19)13(21)11-8-10(2-3-12(11)14)20-9-15-16-17-20/h2-3,8-9H,4-7H2,1H3. The van der Waals surface area contributed by atoms with E-state index in [1.807, 2.05) is 0 Å². The van der Waals surface area contributed by atoms with Gasteiger partial charge in [0.15, 0.2) is 0 Å². The lowest BCUT2D eigenvalue weighted by molar-refractivity contribution is 0.0693. The number of hydrogen-bond donors (Lipinski definition) is 0. The van der Waals surface area contributed by atoms with Crippen LogP contribution in [0.4, 0.5) is 4.39 Å². The number of piperazine rings is 1. The van der Waals surface area contributed by atoms with E-state index in [1.54, 1.807) is 0 Å². The summed E-state index contributed by atoms with van der Waals surface area (Å²) in [6, 6.07) is 4.01. The number of rotatable bonds is 3. The van der Waals surface area contributed by atoms with Crippen LogP contribution in [0.5, 0.6) is 0 Å². The maximum atomic E-state index is 14.1. The van der Waals surface area contributed by atoms with Crippen molar-refractivity contribution in [2.45, 2.75) is 0 Å². The molecule has 0 aliphatic carbocycles. The Labute approximate surface area is 137 Å². The maximum Gasteiger partial charge on any atom is 0.256 e. The van der Waals surface area contributed by atoms with E-state index in [9.17, 15) is 17.6 Å². The lowest BCUT2D eigenvalue weighted by Gasteiger charge is -2.33. The molecule has 0 unspecified atom stereocenters. The minimum absolute atomic E-state index is 0.101. The molecule has 1 aliphatic heterocycles. The summed E-state index contributed by atoms with van der Waals surface area (Å²) >= 11 is 0. The van der Waals surface area contributed by atoms with Crippen LogP contribution in [-0.4, -0.2) is 76.2 Å².